The van der Waals surface area contributed by atoms with Gasteiger partial charge >= 0.3 is 0 Å². The van der Waals surface area contributed by atoms with E-state index in [0.717, 1.165) is 0 Å². The lowest BCUT2D eigenvalue weighted by Crippen LogP contribution is -2.35. The summed E-state index contributed by atoms with van der Waals surface area (Å²) in [6, 6.07) is 0. The highest BCUT2D eigenvalue weighted by atomic mass is 16.6. The first kappa shape index (κ1) is 7.90. The van der Waals surface area contributed by atoms with Gasteiger partial charge in [-0.2, -0.15) is 0 Å². The van der Waals surface area contributed by atoms with E-state index in [0.29, 0.717) is 0 Å². The molecule has 2 unspecified atom stereocenters. The normalized spacial score (nSPS) is 48.0. The van der Waals surface area contributed by atoms with Crippen LogP contribution in [-0.4, -0.2) is 46.5 Å². The average Bonchev–Trinajstić information content (AvgIpc) is 2.17. The molecule has 5 N–H and O–H groups in total. The van der Waals surface area contributed by atoms with Gasteiger partial charge < -0.3 is 25.8 Å². The van der Waals surface area contributed by atoms with E-state index in [1.165, 1.54) is 0 Å². The molecular formula is C5H11NO4. The molecule has 5 nitrogen and oxygen atoms in total. The van der Waals surface area contributed by atoms with Gasteiger partial charge in [0.05, 0.1) is 0 Å². The van der Waals surface area contributed by atoms with Crippen molar-refractivity contribution in [2.24, 2.45) is 5.73 Å². The highest BCUT2D eigenvalue weighted by molar-refractivity contribution is 4.85. The minimum Gasteiger partial charge on any atom is -0.387 e. The Labute approximate surface area is 58.0 Å². The zero-order valence-electron chi connectivity index (χ0n) is 5.34. The molecule has 0 aromatic heterocycles. The Morgan fingerprint density at radius 2 is 1.80 bits per heavy atom. The zero-order chi connectivity index (χ0) is 7.72. The summed E-state index contributed by atoms with van der Waals surface area (Å²) in [6.07, 6.45) is -4.25. The molecule has 1 heterocycles. The Hall–Kier alpha value is -0.200. The van der Waals surface area contributed by atoms with Crippen LogP contribution in [0.1, 0.15) is 0 Å². The Balaban J connectivity index is 2.53. The molecule has 0 bridgehead atoms. The van der Waals surface area contributed by atoms with E-state index in [1.54, 1.807) is 0 Å². The minimum atomic E-state index is -1.30. The second kappa shape index (κ2) is 2.81. The van der Waals surface area contributed by atoms with Crippen molar-refractivity contribution in [2.45, 2.75) is 24.6 Å². The number of aliphatic hydroxyl groups is 3. The predicted octanol–water partition coefficient (Wildman–Crippen LogP) is -2.62. The van der Waals surface area contributed by atoms with Crippen LogP contribution in [0.2, 0.25) is 0 Å². The fourth-order valence-corrected chi connectivity index (χ4v) is 0.924. The average molecular weight is 149 g/mol. The molecule has 0 aromatic rings. The van der Waals surface area contributed by atoms with Gasteiger partial charge in [0.15, 0.2) is 6.29 Å². The van der Waals surface area contributed by atoms with Crippen LogP contribution in [0.25, 0.3) is 0 Å². The van der Waals surface area contributed by atoms with E-state index >= 15 is 0 Å². The van der Waals surface area contributed by atoms with Gasteiger partial charge in [0.25, 0.3) is 0 Å². The number of ether oxygens (including phenoxy) is 1. The van der Waals surface area contributed by atoms with Crippen LogP contribution in [-0.2, 0) is 4.74 Å². The molecule has 10 heavy (non-hydrogen) atoms. The Bertz CT molecular complexity index is 120. The van der Waals surface area contributed by atoms with Gasteiger partial charge in [-0.25, -0.2) is 0 Å². The van der Waals surface area contributed by atoms with Gasteiger partial charge in [0.1, 0.15) is 18.3 Å². The van der Waals surface area contributed by atoms with E-state index in [2.05, 4.69) is 4.74 Å². The topological polar surface area (TPSA) is 95.9 Å². The standard InChI is InChI=1S/C5H11NO4/c6-1-2-3(7)4(8)5(9)10-2/h2-5,7-9H,1,6H2/t2-,3?,4?,5+/m1/s1. The van der Waals surface area contributed by atoms with Crippen LogP contribution >= 0.6 is 0 Å². The Morgan fingerprint density at radius 1 is 1.20 bits per heavy atom. The molecule has 0 saturated carbocycles. The van der Waals surface area contributed by atoms with E-state index in [-0.39, 0.29) is 6.54 Å². The summed E-state index contributed by atoms with van der Waals surface area (Å²) in [6.45, 7) is 0.0925. The first-order valence-corrected chi connectivity index (χ1v) is 3.06. The third-order valence-electron chi connectivity index (χ3n) is 1.57. The van der Waals surface area contributed by atoms with Crippen molar-refractivity contribution in [1.29, 1.82) is 0 Å². The number of hydrogen-bond donors (Lipinski definition) is 4. The molecule has 0 amide bonds. The van der Waals surface area contributed by atoms with Crippen molar-refractivity contribution in [3.05, 3.63) is 0 Å². The maximum absolute atomic E-state index is 9.01. The summed E-state index contributed by atoms with van der Waals surface area (Å²) in [5, 5.41) is 26.7. The lowest BCUT2D eigenvalue weighted by atomic mass is 10.1. The molecular weight excluding hydrogens is 138 g/mol. The van der Waals surface area contributed by atoms with E-state index in [4.69, 9.17) is 21.1 Å². The maximum Gasteiger partial charge on any atom is 0.184 e. The van der Waals surface area contributed by atoms with Crippen LogP contribution in [0.3, 0.4) is 0 Å². The number of aliphatic hydroxyl groups excluding tert-OH is 3. The highest BCUT2D eigenvalue weighted by Gasteiger charge is 2.40. The van der Waals surface area contributed by atoms with Gasteiger partial charge in [-0.1, -0.05) is 0 Å². The number of rotatable bonds is 1. The highest BCUT2D eigenvalue weighted by Crippen LogP contribution is 2.17. The second-order valence-electron chi connectivity index (χ2n) is 2.28. The lowest BCUT2D eigenvalue weighted by Gasteiger charge is -2.10. The first-order valence-electron chi connectivity index (χ1n) is 3.06. The molecule has 1 aliphatic rings. The molecule has 0 aliphatic carbocycles. The van der Waals surface area contributed by atoms with Gasteiger partial charge in [0, 0.05) is 6.54 Å². The van der Waals surface area contributed by atoms with Crippen molar-refractivity contribution in [3.63, 3.8) is 0 Å². The zero-order valence-corrected chi connectivity index (χ0v) is 5.34. The molecule has 1 aliphatic heterocycles. The van der Waals surface area contributed by atoms with Crippen molar-refractivity contribution in [1.82, 2.24) is 0 Å². The van der Waals surface area contributed by atoms with E-state index in [9.17, 15) is 0 Å². The summed E-state index contributed by atoms with van der Waals surface area (Å²) in [4.78, 5) is 0. The second-order valence-corrected chi connectivity index (χ2v) is 2.28. The van der Waals surface area contributed by atoms with Crippen LogP contribution in [0, 0.1) is 0 Å². The largest absolute Gasteiger partial charge is 0.387 e. The monoisotopic (exact) mass is 149 g/mol. The molecule has 0 aromatic carbocycles. The van der Waals surface area contributed by atoms with Crippen molar-refractivity contribution >= 4 is 0 Å². The summed E-state index contributed by atoms with van der Waals surface area (Å²) in [7, 11) is 0. The molecule has 1 fully saturated rings. The molecule has 4 atom stereocenters. The van der Waals surface area contributed by atoms with Gasteiger partial charge in [-0.3, -0.25) is 0 Å². The first-order chi connectivity index (χ1) is 4.66. The maximum atomic E-state index is 9.01. The van der Waals surface area contributed by atoms with Crippen LogP contribution in [0.5, 0.6) is 0 Å². The quantitative estimate of drug-likeness (QED) is 0.327. The fourth-order valence-electron chi connectivity index (χ4n) is 0.924. The molecule has 0 radical (unpaired) electrons. The van der Waals surface area contributed by atoms with Crippen molar-refractivity contribution in [2.75, 3.05) is 6.54 Å². The lowest BCUT2D eigenvalue weighted by molar-refractivity contribution is -0.125. The van der Waals surface area contributed by atoms with Crippen LogP contribution in [0.15, 0.2) is 0 Å². The van der Waals surface area contributed by atoms with E-state index in [1.807, 2.05) is 0 Å². The summed E-state index contributed by atoms with van der Waals surface area (Å²) < 4.78 is 4.67. The third-order valence-corrected chi connectivity index (χ3v) is 1.57. The number of hydrogen-bond acceptors (Lipinski definition) is 5. The molecule has 5 heteroatoms. The molecule has 0 spiro atoms. The van der Waals surface area contributed by atoms with Gasteiger partial charge in [0.2, 0.25) is 0 Å². The fraction of sp³-hybridized carbons (Fsp3) is 1.00. The molecule has 1 rings (SSSR count). The van der Waals surface area contributed by atoms with Crippen LogP contribution in [0.4, 0.5) is 0 Å². The summed E-state index contributed by atoms with van der Waals surface area (Å²) in [5.41, 5.74) is 5.14. The van der Waals surface area contributed by atoms with E-state index < -0.39 is 24.6 Å². The van der Waals surface area contributed by atoms with Gasteiger partial charge in [-0.05, 0) is 0 Å². The minimum absolute atomic E-state index is 0.0925. The van der Waals surface area contributed by atoms with Crippen molar-refractivity contribution in [3.8, 4) is 0 Å². The van der Waals surface area contributed by atoms with Crippen LogP contribution < -0.4 is 5.73 Å². The summed E-state index contributed by atoms with van der Waals surface area (Å²) in [5.74, 6) is 0. The predicted molar refractivity (Wildman–Crippen MR) is 31.9 cm³/mol. The van der Waals surface area contributed by atoms with Crippen molar-refractivity contribution < 1.29 is 20.1 Å². The SMILES string of the molecule is NC[C@H]1O[C@H](O)C(O)C1O. The van der Waals surface area contributed by atoms with Gasteiger partial charge in [-0.15, -0.1) is 0 Å². The Kier molecular flexibility index (Phi) is 2.22. The molecule has 60 valence electrons. The smallest absolute Gasteiger partial charge is 0.184 e. The third kappa shape index (κ3) is 1.14. The molecule has 1 saturated heterocycles. The Morgan fingerprint density at radius 3 is 2.00 bits per heavy atom. The number of nitrogens with two attached hydrogens (primary N) is 1. The summed E-state index contributed by atoms with van der Waals surface area (Å²) >= 11 is 0.